The van der Waals surface area contributed by atoms with Gasteiger partial charge in [0.25, 0.3) is 0 Å². The van der Waals surface area contributed by atoms with Crippen molar-refractivity contribution in [2.75, 3.05) is 18.1 Å². The molecule has 0 saturated heterocycles. The fourth-order valence-electron chi connectivity index (χ4n) is 5.25. The monoisotopic (exact) mass is 675 g/mol. The molecular weight excluding hydrogens is 637 g/mol. The first kappa shape index (κ1) is 37.8. The van der Waals surface area contributed by atoms with Gasteiger partial charge in [-0.05, 0) is 97.2 Å². The number of carbonyl (C=O) groups excluding carboxylic acids is 1. The Morgan fingerprint density at radius 1 is 0.681 bits per heavy atom. The van der Waals surface area contributed by atoms with Crippen LogP contribution in [0, 0.1) is 11.8 Å². The average molecular weight is 676 g/mol. The second-order valence-electron chi connectivity index (χ2n) is 12.3. The van der Waals surface area contributed by atoms with Crippen molar-refractivity contribution in [3.63, 3.8) is 0 Å². The van der Waals surface area contributed by atoms with Crippen molar-refractivity contribution in [3.8, 4) is 11.1 Å². The first-order chi connectivity index (χ1) is 21.7. The lowest BCUT2D eigenvalue weighted by Gasteiger charge is -2.29. The molecule has 3 aromatic rings. The molecule has 12 heteroatoms. The van der Waals surface area contributed by atoms with Gasteiger partial charge in [0, 0.05) is 17.9 Å². The summed E-state index contributed by atoms with van der Waals surface area (Å²) in [5.41, 5.74) is -3.09. The lowest BCUT2D eigenvalue weighted by molar-refractivity contribution is -0.145. The number of halogens is 9. The van der Waals surface area contributed by atoms with Gasteiger partial charge in [0.1, 0.15) is 0 Å². The van der Waals surface area contributed by atoms with Crippen LogP contribution in [0.25, 0.3) is 11.1 Å². The van der Waals surface area contributed by atoms with E-state index in [0.29, 0.717) is 48.1 Å². The molecule has 0 aliphatic rings. The Balaban J connectivity index is 2.36. The molecule has 3 nitrogen and oxygen atoms in total. The number of rotatable bonds is 12. The number of ether oxygens (including phenoxy) is 1. The van der Waals surface area contributed by atoms with Crippen LogP contribution in [-0.2, 0) is 28.1 Å². The number of anilines is 2. The number of esters is 1. The highest BCUT2D eigenvalue weighted by Crippen LogP contribution is 2.42. The van der Waals surface area contributed by atoms with E-state index >= 15 is 0 Å². The summed E-state index contributed by atoms with van der Waals surface area (Å²) in [7, 11) is 0. The zero-order valence-electron chi connectivity index (χ0n) is 26.7. The van der Waals surface area contributed by atoms with Crippen LogP contribution in [0.4, 0.5) is 50.9 Å². The fourth-order valence-corrected chi connectivity index (χ4v) is 5.25. The molecule has 0 aliphatic heterocycles. The van der Waals surface area contributed by atoms with Gasteiger partial charge in [-0.2, -0.15) is 39.5 Å². The van der Waals surface area contributed by atoms with Crippen LogP contribution >= 0.6 is 0 Å². The van der Waals surface area contributed by atoms with Crippen molar-refractivity contribution in [1.82, 2.24) is 0 Å². The third kappa shape index (κ3) is 10.4. The first-order valence-electron chi connectivity index (χ1n) is 15.3. The van der Waals surface area contributed by atoms with E-state index in [2.05, 4.69) is 0 Å². The Morgan fingerprint density at radius 2 is 1.21 bits per heavy atom. The third-order valence-electron chi connectivity index (χ3n) is 7.53. The molecule has 0 bridgehead atoms. The van der Waals surface area contributed by atoms with Crippen molar-refractivity contribution in [1.29, 1.82) is 0 Å². The predicted molar refractivity (Wildman–Crippen MR) is 163 cm³/mol. The smallest absolute Gasteiger partial charge is 0.416 e. The van der Waals surface area contributed by atoms with Gasteiger partial charge in [-0.1, -0.05) is 45.9 Å². The minimum Gasteiger partial charge on any atom is -0.466 e. The Hall–Kier alpha value is -3.70. The van der Waals surface area contributed by atoms with Gasteiger partial charge in [0.2, 0.25) is 0 Å². The highest BCUT2D eigenvalue weighted by Gasteiger charge is 2.38. The van der Waals surface area contributed by atoms with Crippen LogP contribution in [0.3, 0.4) is 0 Å². The minimum absolute atomic E-state index is 0.0148. The molecule has 1 unspecified atom stereocenters. The SMILES string of the molecule is CCOC(=O)C(CC(C)C)c1cc(-c2ccc(C(F)(F)F)cc2)cc(N(CCCC(C)C)c2cc(C(F)(F)F)cc(C(F)(F)F)c2)c1. The topological polar surface area (TPSA) is 29.5 Å². The van der Waals surface area contributed by atoms with Crippen molar-refractivity contribution < 1.29 is 49.0 Å². The Morgan fingerprint density at radius 3 is 1.68 bits per heavy atom. The van der Waals surface area contributed by atoms with Crippen LogP contribution < -0.4 is 4.90 Å². The maximum Gasteiger partial charge on any atom is 0.416 e. The molecule has 258 valence electrons. The molecule has 0 saturated carbocycles. The number of nitrogens with zero attached hydrogens (tertiary/aromatic N) is 1. The summed E-state index contributed by atoms with van der Waals surface area (Å²) in [6.07, 6.45) is -13.5. The summed E-state index contributed by atoms with van der Waals surface area (Å²) < 4.78 is 129. The molecule has 3 aromatic carbocycles. The number of alkyl halides is 9. The molecule has 0 heterocycles. The second kappa shape index (κ2) is 15.0. The summed E-state index contributed by atoms with van der Waals surface area (Å²) in [5, 5.41) is 0. The van der Waals surface area contributed by atoms with Gasteiger partial charge in [-0.15, -0.1) is 0 Å². The number of hydrogen-bond donors (Lipinski definition) is 0. The molecule has 0 radical (unpaired) electrons. The number of carbonyl (C=O) groups is 1. The zero-order chi connectivity index (χ0) is 35.3. The highest BCUT2D eigenvalue weighted by molar-refractivity contribution is 5.81. The van der Waals surface area contributed by atoms with Crippen molar-refractivity contribution in [2.24, 2.45) is 11.8 Å². The minimum atomic E-state index is -5.08. The van der Waals surface area contributed by atoms with E-state index in [9.17, 15) is 44.3 Å². The molecular formula is C35H38F9NO2. The molecule has 47 heavy (non-hydrogen) atoms. The van der Waals surface area contributed by atoms with E-state index in [1.165, 1.54) is 29.2 Å². The van der Waals surface area contributed by atoms with E-state index < -0.39 is 47.1 Å². The number of hydrogen-bond acceptors (Lipinski definition) is 3. The quantitative estimate of drug-likeness (QED) is 0.141. The van der Waals surface area contributed by atoms with Crippen LogP contribution in [0.15, 0.2) is 60.7 Å². The summed E-state index contributed by atoms with van der Waals surface area (Å²) in [4.78, 5) is 14.5. The summed E-state index contributed by atoms with van der Waals surface area (Å²) in [5.74, 6) is -1.30. The molecule has 0 aromatic heterocycles. The van der Waals surface area contributed by atoms with Gasteiger partial charge in [0.15, 0.2) is 0 Å². The molecule has 0 N–H and O–H groups in total. The standard InChI is InChI=1S/C35H38F9NO2/c1-6-47-32(46)31(14-22(4)5)25-15-24(23-9-11-26(12-10-23)33(36,37)38)16-29(17-25)45(13-7-8-21(2)3)30-19-27(34(39,40)41)18-28(20-30)35(42,43)44/h9-12,15-22,31H,6-8,13-14H2,1-5H3. The van der Waals surface area contributed by atoms with Crippen molar-refractivity contribution in [2.45, 2.75) is 78.3 Å². The Kier molecular flexibility index (Phi) is 12.1. The van der Waals surface area contributed by atoms with Crippen LogP contribution in [0.1, 0.15) is 82.1 Å². The molecule has 0 amide bonds. The van der Waals surface area contributed by atoms with Crippen LogP contribution in [0.2, 0.25) is 0 Å². The van der Waals surface area contributed by atoms with Crippen molar-refractivity contribution in [3.05, 3.63) is 82.9 Å². The maximum atomic E-state index is 13.9. The first-order valence-corrected chi connectivity index (χ1v) is 15.3. The molecule has 1 atom stereocenters. The highest BCUT2D eigenvalue weighted by atomic mass is 19.4. The molecule has 0 spiro atoms. The zero-order valence-corrected chi connectivity index (χ0v) is 26.7. The lowest BCUT2D eigenvalue weighted by Crippen LogP contribution is -2.22. The second-order valence-corrected chi connectivity index (χ2v) is 12.3. The van der Waals surface area contributed by atoms with Crippen LogP contribution in [0.5, 0.6) is 0 Å². The Bertz CT molecular complexity index is 1460. The van der Waals surface area contributed by atoms with Gasteiger partial charge in [-0.25, -0.2) is 0 Å². The van der Waals surface area contributed by atoms with E-state index in [-0.39, 0.29) is 42.4 Å². The van der Waals surface area contributed by atoms with Crippen LogP contribution in [-0.4, -0.2) is 19.1 Å². The summed E-state index contributed by atoms with van der Waals surface area (Å²) >= 11 is 0. The summed E-state index contributed by atoms with van der Waals surface area (Å²) in [6, 6.07) is 10.2. The molecule has 0 fully saturated rings. The average Bonchev–Trinajstić information content (AvgIpc) is 2.96. The lowest BCUT2D eigenvalue weighted by atomic mass is 9.87. The van der Waals surface area contributed by atoms with Gasteiger partial charge in [0.05, 0.1) is 29.2 Å². The maximum absolute atomic E-state index is 13.9. The molecule has 0 aliphatic carbocycles. The largest absolute Gasteiger partial charge is 0.466 e. The van der Waals surface area contributed by atoms with Gasteiger partial charge in [-0.3, -0.25) is 4.79 Å². The normalized spacial score (nSPS) is 13.3. The van der Waals surface area contributed by atoms with E-state index in [4.69, 9.17) is 4.74 Å². The Labute approximate surface area is 268 Å². The molecule has 3 rings (SSSR count). The fraction of sp³-hybridized carbons (Fsp3) is 0.457. The third-order valence-corrected chi connectivity index (χ3v) is 7.53. The summed E-state index contributed by atoms with van der Waals surface area (Å²) in [6.45, 7) is 9.28. The van der Waals surface area contributed by atoms with Gasteiger partial charge < -0.3 is 9.64 Å². The predicted octanol–water partition coefficient (Wildman–Crippen LogP) is 11.7. The van der Waals surface area contributed by atoms with E-state index in [1.54, 1.807) is 13.0 Å². The number of benzene rings is 3. The van der Waals surface area contributed by atoms with Crippen molar-refractivity contribution >= 4 is 17.3 Å². The van der Waals surface area contributed by atoms with E-state index in [0.717, 1.165) is 12.1 Å². The van der Waals surface area contributed by atoms with Gasteiger partial charge >= 0.3 is 24.5 Å². The van der Waals surface area contributed by atoms with E-state index in [1.807, 2.05) is 27.7 Å².